The summed E-state index contributed by atoms with van der Waals surface area (Å²) < 4.78 is 0. The van der Waals surface area contributed by atoms with Crippen molar-refractivity contribution in [3.8, 4) is 0 Å². The predicted octanol–water partition coefficient (Wildman–Crippen LogP) is 2.18. The van der Waals surface area contributed by atoms with Gasteiger partial charge in [-0.25, -0.2) is 0 Å². The molecule has 0 aliphatic rings. The molecule has 0 saturated carbocycles. The fourth-order valence-electron chi connectivity index (χ4n) is 0.557. The predicted molar refractivity (Wildman–Crippen MR) is 43.1 cm³/mol. The first-order valence-electron chi connectivity index (χ1n) is 2.62. The molecule has 0 amide bonds. The van der Waals surface area contributed by atoms with Crippen molar-refractivity contribution in [3.05, 3.63) is 22.4 Å². The minimum atomic E-state index is -0.329. The second kappa shape index (κ2) is 3.34. The van der Waals surface area contributed by atoms with Crippen molar-refractivity contribution in [2.45, 2.75) is 6.10 Å². The van der Waals surface area contributed by atoms with E-state index >= 15 is 0 Å². The summed E-state index contributed by atoms with van der Waals surface area (Å²) in [6.45, 7) is 0. The highest BCUT2D eigenvalue weighted by Gasteiger charge is 2.03. The third-order valence-corrected chi connectivity index (χ3v) is 2.60. The molecule has 9 heavy (non-hydrogen) atoms. The summed E-state index contributed by atoms with van der Waals surface area (Å²) in [7, 11) is 0. The highest BCUT2D eigenvalue weighted by molar-refractivity contribution is 9.09. The first kappa shape index (κ1) is 7.25. The van der Waals surface area contributed by atoms with Crippen LogP contribution >= 0.6 is 27.3 Å². The van der Waals surface area contributed by atoms with Crippen molar-refractivity contribution in [2.75, 3.05) is 5.33 Å². The van der Waals surface area contributed by atoms with Crippen LogP contribution in [0.2, 0.25) is 0 Å². The largest absolute Gasteiger partial charge is 0.387 e. The summed E-state index contributed by atoms with van der Waals surface area (Å²) in [5, 5.41) is 11.8. The van der Waals surface area contributed by atoms with Gasteiger partial charge in [-0.15, -0.1) is 11.3 Å². The van der Waals surface area contributed by atoms with Crippen LogP contribution in [0.1, 0.15) is 11.0 Å². The first-order valence-corrected chi connectivity index (χ1v) is 4.62. The fourth-order valence-corrected chi connectivity index (χ4v) is 1.83. The SMILES string of the molecule is O[C@H](CBr)c1cccs1. The van der Waals surface area contributed by atoms with E-state index in [4.69, 9.17) is 0 Å². The van der Waals surface area contributed by atoms with Crippen LogP contribution in [-0.2, 0) is 0 Å². The number of halogens is 1. The smallest absolute Gasteiger partial charge is 0.0978 e. The molecule has 0 spiro atoms. The average molecular weight is 207 g/mol. The molecule has 0 aliphatic heterocycles. The Kier molecular flexibility index (Phi) is 2.69. The van der Waals surface area contributed by atoms with Gasteiger partial charge in [0.05, 0.1) is 6.10 Å². The van der Waals surface area contributed by atoms with Crippen molar-refractivity contribution in [2.24, 2.45) is 0 Å². The van der Waals surface area contributed by atoms with Crippen LogP contribution in [0.3, 0.4) is 0 Å². The zero-order valence-electron chi connectivity index (χ0n) is 4.75. The van der Waals surface area contributed by atoms with Gasteiger partial charge in [0.1, 0.15) is 0 Å². The van der Waals surface area contributed by atoms with E-state index in [-0.39, 0.29) is 6.10 Å². The minimum absolute atomic E-state index is 0.329. The van der Waals surface area contributed by atoms with E-state index in [2.05, 4.69) is 15.9 Å². The maximum absolute atomic E-state index is 9.18. The van der Waals surface area contributed by atoms with Gasteiger partial charge >= 0.3 is 0 Å². The highest BCUT2D eigenvalue weighted by atomic mass is 79.9. The highest BCUT2D eigenvalue weighted by Crippen LogP contribution is 2.19. The molecule has 0 aliphatic carbocycles. The number of aliphatic hydroxyl groups is 1. The van der Waals surface area contributed by atoms with Crippen LogP contribution in [0.5, 0.6) is 0 Å². The zero-order chi connectivity index (χ0) is 6.69. The summed E-state index contributed by atoms with van der Waals surface area (Å²) in [4.78, 5) is 1.02. The Morgan fingerprint density at radius 1 is 1.78 bits per heavy atom. The van der Waals surface area contributed by atoms with Crippen molar-refractivity contribution in [3.63, 3.8) is 0 Å². The lowest BCUT2D eigenvalue weighted by Crippen LogP contribution is -1.93. The van der Waals surface area contributed by atoms with Crippen LogP contribution in [0.25, 0.3) is 0 Å². The summed E-state index contributed by atoms with van der Waals surface area (Å²) in [6.07, 6.45) is -0.329. The van der Waals surface area contributed by atoms with Crippen molar-refractivity contribution >= 4 is 27.3 Å². The van der Waals surface area contributed by atoms with E-state index < -0.39 is 0 Å². The normalized spacial score (nSPS) is 13.6. The molecule has 1 heterocycles. The molecule has 1 aromatic rings. The molecule has 0 unspecified atom stereocenters. The standard InChI is InChI=1S/C6H7BrOS/c7-4-5(8)6-2-1-3-9-6/h1-3,5,8H,4H2/t5-/m1/s1. The van der Waals surface area contributed by atoms with Gasteiger partial charge in [0.15, 0.2) is 0 Å². The Morgan fingerprint density at radius 3 is 3.00 bits per heavy atom. The summed E-state index contributed by atoms with van der Waals surface area (Å²) in [6, 6.07) is 3.86. The second-order valence-corrected chi connectivity index (χ2v) is 3.31. The van der Waals surface area contributed by atoms with Gasteiger partial charge in [-0.2, -0.15) is 0 Å². The number of hydrogen-bond acceptors (Lipinski definition) is 2. The van der Waals surface area contributed by atoms with Gasteiger partial charge in [0.25, 0.3) is 0 Å². The van der Waals surface area contributed by atoms with E-state index in [0.717, 1.165) is 4.88 Å². The number of alkyl halides is 1. The summed E-state index contributed by atoms with van der Waals surface area (Å²) >= 11 is 4.77. The van der Waals surface area contributed by atoms with Gasteiger partial charge in [-0.1, -0.05) is 22.0 Å². The molecule has 3 heteroatoms. The van der Waals surface area contributed by atoms with Crippen LogP contribution in [0.4, 0.5) is 0 Å². The molecular formula is C6H7BrOS. The topological polar surface area (TPSA) is 20.2 Å². The molecule has 1 rings (SSSR count). The van der Waals surface area contributed by atoms with Crippen LogP contribution in [0.15, 0.2) is 17.5 Å². The number of thiophene rings is 1. The van der Waals surface area contributed by atoms with Crippen LogP contribution in [-0.4, -0.2) is 10.4 Å². The molecule has 1 nitrogen and oxygen atoms in total. The Morgan fingerprint density at radius 2 is 2.56 bits per heavy atom. The summed E-state index contributed by atoms with van der Waals surface area (Å²) in [5.74, 6) is 0. The second-order valence-electron chi connectivity index (χ2n) is 1.69. The van der Waals surface area contributed by atoms with Crippen molar-refractivity contribution < 1.29 is 5.11 Å². The Labute approximate surface area is 66.5 Å². The van der Waals surface area contributed by atoms with E-state index in [1.807, 2.05) is 17.5 Å². The average Bonchev–Trinajstić information content (AvgIpc) is 2.37. The lowest BCUT2D eigenvalue weighted by atomic mass is 10.3. The van der Waals surface area contributed by atoms with Gasteiger partial charge in [0.2, 0.25) is 0 Å². The quantitative estimate of drug-likeness (QED) is 0.737. The molecule has 1 atom stereocenters. The summed E-state index contributed by atoms with van der Waals surface area (Å²) in [5.41, 5.74) is 0. The van der Waals surface area contributed by atoms with Crippen LogP contribution < -0.4 is 0 Å². The van der Waals surface area contributed by atoms with E-state index in [9.17, 15) is 5.11 Å². The molecule has 0 bridgehead atoms. The van der Waals surface area contributed by atoms with E-state index in [0.29, 0.717) is 5.33 Å². The Hall–Kier alpha value is 0.140. The van der Waals surface area contributed by atoms with Gasteiger partial charge in [-0.05, 0) is 11.4 Å². The molecule has 0 radical (unpaired) electrons. The first-order chi connectivity index (χ1) is 4.34. The molecule has 50 valence electrons. The van der Waals surface area contributed by atoms with Gasteiger partial charge in [0, 0.05) is 10.2 Å². The minimum Gasteiger partial charge on any atom is -0.387 e. The maximum Gasteiger partial charge on any atom is 0.0978 e. The zero-order valence-corrected chi connectivity index (χ0v) is 7.15. The van der Waals surface area contributed by atoms with Gasteiger partial charge < -0.3 is 5.11 Å². The molecule has 1 aromatic heterocycles. The van der Waals surface area contributed by atoms with Crippen molar-refractivity contribution in [1.29, 1.82) is 0 Å². The van der Waals surface area contributed by atoms with E-state index in [1.165, 1.54) is 0 Å². The fraction of sp³-hybridized carbons (Fsp3) is 0.333. The maximum atomic E-state index is 9.18. The molecule has 0 saturated heterocycles. The van der Waals surface area contributed by atoms with Gasteiger partial charge in [-0.3, -0.25) is 0 Å². The lowest BCUT2D eigenvalue weighted by Gasteiger charge is -2.00. The Bertz CT molecular complexity index is 162. The molecule has 0 aromatic carbocycles. The lowest BCUT2D eigenvalue weighted by molar-refractivity contribution is 0.209. The van der Waals surface area contributed by atoms with Crippen molar-refractivity contribution in [1.82, 2.24) is 0 Å². The number of hydrogen-bond donors (Lipinski definition) is 1. The molecule has 1 N–H and O–H groups in total. The number of rotatable bonds is 2. The third-order valence-electron chi connectivity index (χ3n) is 1.02. The van der Waals surface area contributed by atoms with Crippen LogP contribution in [0, 0.1) is 0 Å². The monoisotopic (exact) mass is 206 g/mol. The number of aliphatic hydroxyl groups excluding tert-OH is 1. The molecular weight excluding hydrogens is 200 g/mol. The third kappa shape index (κ3) is 1.78. The Balaban J connectivity index is 2.65. The van der Waals surface area contributed by atoms with E-state index in [1.54, 1.807) is 11.3 Å². The molecule has 0 fully saturated rings.